The van der Waals surface area contributed by atoms with Gasteiger partial charge in [0, 0.05) is 30.5 Å². The van der Waals surface area contributed by atoms with E-state index in [-0.39, 0.29) is 0 Å². The summed E-state index contributed by atoms with van der Waals surface area (Å²) < 4.78 is 0. The molecule has 2 atom stereocenters. The van der Waals surface area contributed by atoms with Crippen molar-refractivity contribution >= 4 is 23.4 Å². The van der Waals surface area contributed by atoms with Crippen molar-refractivity contribution in [3.05, 3.63) is 29.3 Å². The minimum Gasteiger partial charge on any atom is -0.352 e. The first-order chi connectivity index (χ1) is 12.2. The molecule has 2 aromatic heterocycles. The quantitative estimate of drug-likeness (QED) is 0.619. The van der Waals surface area contributed by atoms with Gasteiger partial charge in [-0.2, -0.15) is 0 Å². The molecule has 3 saturated heterocycles. The zero-order valence-electron chi connectivity index (χ0n) is 14.6. The lowest BCUT2D eigenvalue weighted by atomic mass is 9.86. The molecule has 6 rings (SSSR count). The summed E-state index contributed by atoms with van der Waals surface area (Å²) in [5.74, 6) is 3.18. The molecule has 130 valence electrons. The number of aryl methyl sites for hydroxylation is 2. The maximum Gasteiger partial charge on any atom is 0.189 e. The van der Waals surface area contributed by atoms with Gasteiger partial charge in [-0.15, -0.1) is 0 Å². The normalized spacial score (nSPS) is 24.2. The van der Waals surface area contributed by atoms with Crippen LogP contribution in [0.1, 0.15) is 29.9 Å². The predicted octanol–water partition coefficient (Wildman–Crippen LogP) is 2.25. The Labute approximate surface area is 152 Å². The van der Waals surface area contributed by atoms with Crippen molar-refractivity contribution in [3.8, 4) is 0 Å². The number of hydrogen-bond acceptors (Lipinski definition) is 7. The molecule has 7 heteroatoms. The summed E-state index contributed by atoms with van der Waals surface area (Å²) in [6.07, 6.45) is 8.61. The van der Waals surface area contributed by atoms with Gasteiger partial charge in [-0.25, -0.2) is 19.9 Å². The monoisotopic (exact) mass is 354 g/mol. The first kappa shape index (κ1) is 15.4. The van der Waals surface area contributed by atoms with Crippen LogP contribution in [0.3, 0.4) is 0 Å². The summed E-state index contributed by atoms with van der Waals surface area (Å²) in [5.41, 5.74) is 2.69. The first-order valence-corrected chi connectivity index (χ1v) is 10.2. The highest BCUT2D eigenvalue weighted by Crippen LogP contribution is 2.41. The molecule has 0 aromatic carbocycles. The van der Waals surface area contributed by atoms with Crippen LogP contribution in [0, 0.1) is 6.92 Å². The molecule has 0 radical (unpaired) electrons. The number of rotatable bonds is 3. The van der Waals surface area contributed by atoms with E-state index in [1.807, 2.05) is 25.4 Å². The SMILES string of the molecule is CSc1nccc(N2CC3CC(C2)N3c2nc(C)nc3c2CCC3)n1. The van der Waals surface area contributed by atoms with Crippen molar-refractivity contribution in [2.75, 3.05) is 29.1 Å². The van der Waals surface area contributed by atoms with Gasteiger partial charge in [0.15, 0.2) is 5.16 Å². The minimum absolute atomic E-state index is 0.533. The van der Waals surface area contributed by atoms with Crippen LogP contribution in [-0.4, -0.2) is 51.4 Å². The number of anilines is 2. The molecular weight excluding hydrogens is 332 g/mol. The Morgan fingerprint density at radius 3 is 2.76 bits per heavy atom. The van der Waals surface area contributed by atoms with Crippen molar-refractivity contribution in [2.45, 2.75) is 49.8 Å². The van der Waals surface area contributed by atoms with Gasteiger partial charge in [0.05, 0.1) is 12.1 Å². The van der Waals surface area contributed by atoms with E-state index in [2.05, 4.69) is 24.8 Å². The van der Waals surface area contributed by atoms with E-state index in [0.29, 0.717) is 12.1 Å². The standard InChI is InChI=1S/C18H22N6S/c1-11-20-15-5-3-4-14(15)17(21-11)24-12-8-13(24)10-23(9-12)16-6-7-19-18(22-16)25-2/h6-7,12-13H,3-5,8-10H2,1-2H3. The first-order valence-electron chi connectivity index (χ1n) is 8.99. The molecule has 3 fully saturated rings. The van der Waals surface area contributed by atoms with E-state index < -0.39 is 0 Å². The minimum atomic E-state index is 0.533. The highest BCUT2D eigenvalue weighted by Gasteiger charge is 2.47. The smallest absolute Gasteiger partial charge is 0.189 e. The van der Waals surface area contributed by atoms with Gasteiger partial charge in [0.25, 0.3) is 0 Å². The van der Waals surface area contributed by atoms with Crippen molar-refractivity contribution < 1.29 is 0 Å². The molecule has 0 saturated carbocycles. The fourth-order valence-electron chi connectivity index (χ4n) is 4.50. The van der Waals surface area contributed by atoms with E-state index in [9.17, 15) is 0 Å². The van der Waals surface area contributed by atoms with Gasteiger partial charge in [0.1, 0.15) is 17.5 Å². The van der Waals surface area contributed by atoms with Crippen molar-refractivity contribution in [2.24, 2.45) is 0 Å². The summed E-state index contributed by atoms with van der Waals surface area (Å²) in [6, 6.07) is 3.09. The Kier molecular flexibility index (Phi) is 3.58. The van der Waals surface area contributed by atoms with Crippen molar-refractivity contribution in [3.63, 3.8) is 0 Å². The summed E-state index contributed by atoms with van der Waals surface area (Å²) in [6.45, 7) is 4.05. The number of piperazine rings is 1. The number of fused-ring (bicyclic) bond motifs is 3. The maximum absolute atomic E-state index is 4.84. The van der Waals surface area contributed by atoms with E-state index in [1.165, 1.54) is 29.9 Å². The molecular formula is C18H22N6S. The van der Waals surface area contributed by atoms with Crippen LogP contribution in [0.15, 0.2) is 17.4 Å². The Morgan fingerprint density at radius 1 is 1.12 bits per heavy atom. The van der Waals surface area contributed by atoms with Crippen LogP contribution in [0.5, 0.6) is 0 Å². The molecule has 2 aromatic rings. The highest BCUT2D eigenvalue weighted by atomic mass is 32.2. The lowest BCUT2D eigenvalue weighted by Gasteiger charge is -2.57. The number of piperidine rings is 1. The average molecular weight is 354 g/mol. The molecule has 4 aliphatic rings. The predicted molar refractivity (Wildman–Crippen MR) is 99.5 cm³/mol. The van der Waals surface area contributed by atoms with Crippen molar-refractivity contribution in [1.29, 1.82) is 0 Å². The molecule has 1 aliphatic carbocycles. The molecule has 25 heavy (non-hydrogen) atoms. The largest absolute Gasteiger partial charge is 0.352 e. The second-order valence-corrected chi connectivity index (χ2v) is 7.90. The summed E-state index contributed by atoms with van der Waals surface area (Å²) in [5, 5.41) is 0.845. The van der Waals surface area contributed by atoms with E-state index in [1.54, 1.807) is 11.8 Å². The number of nitrogens with zero attached hydrogens (tertiary/aromatic N) is 6. The summed E-state index contributed by atoms with van der Waals surface area (Å²) >= 11 is 1.60. The average Bonchev–Trinajstić information content (AvgIpc) is 3.10. The van der Waals surface area contributed by atoms with Crippen LogP contribution in [0.4, 0.5) is 11.6 Å². The van der Waals surface area contributed by atoms with E-state index >= 15 is 0 Å². The van der Waals surface area contributed by atoms with Crippen LogP contribution in [0.25, 0.3) is 0 Å². The topological polar surface area (TPSA) is 58.0 Å². The lowest BCUT2D eigenvalue weighted by Crippen LogP contribution is -2.69. The lowest BCUT2D eigenvalue weighted by molar-refractivity contribution is 0.286. The fourth-order valence-corrected chi connectivity index (χ4v) is 4.85. The highest BCUT2D eigenvalue weighted by molar-refractivity contribution is 7.98. The fraction of sp³-hybridized carbons (Fsp3) is 0.556. The number of thioether (sulfide) groups is 1. The van der Waals surface area contributed by atoms with Gasteiger partial charge in [-0.05, 0) is 44.9 Å². The van der Waals surface area contributed by atoms with E-state index in [0.717, 1.165) is 42.7 Å². The van der Waals surface area contributed by atoms with Crippen LogP contribution >= 0.6 is 11.8 Å². The molecule has 0 spiro atoms. The van der Waals surface area contributed by atoms with E-state index in [4.69, 9.17) is 4.98 Å². The third-order valence-electron chi connectivity index (χ3n) is 5.59. The molecule has 6 nitrogen and oxygen atoms in total. The van der Waals surface area contributed by atoms with Crippen LogP contribution in [0.2, 0.25) is 0 Å². The molecule has 5 heterocycles. The van der Waals surface area contributed by atoms with Crippen molar-refractivity contribution in [1.82, 2.24) is 19.9 Å². The third-order valence-corrected chi connectivity index (χ3v) is 6.15. The van der Waals surface area contributed by atoms with Gasteiger partial charge >= 0.3 is 0 Å². The van der Waals surface area contributed by atoms with Gasteiger partial charge in [-0.3, -0.25) is 0 Å². The molecule has 2 unspecified atom stereocenters. The summed E-state index contributed by atoms with van der Waals surface area (Å²) in [7, 11) is 0. The second-order valence-electron chi connectivity index (χ2n) is 7.13. The molecule has 2 bridgehead atoms. The van der Waals surface area contributed by atoms with Gasteiger partial charge in [0.2, 0.25) is 0 Å². The van der Waals surface area contributed by atoms with Crippen LogP contribution < -0.4 is 9.80 Å². The number of aromatic nitrogens is 4. The summed E-state index contributed by atoms with van der Waals surface area (Å²) in [4.78, 5) is 23.4. The van der Waals surface area contributed by atoms with Gasteiger partial charge < -0.3 is 9.80 Å². The second kappa shape index (κ2) is 5.83. The Balaban J connectivity index is 1.41. The van der Waals surface area contributed by atoms with Gasteiger partial charge in [-0.1, -0.05) is 11.8 Å². The molecule has 3 aliphatic heterocycles. The number of hydrogen-bond donors (Lipinski definition) is 0. The zero-order chi connectivity index (χ0) is 17.0. The molecule has 0 amide bonds. The van der Waals surface area contributed by atoms with Crippen LogP contribution in [-0.2, 0) is 12.8 Å². The third kappa shape index (κ3) is 2.47. The Morgan fingerprint density at radius 2 is 1.96 bits per heavy atom. The zero-order valence-corrected chi connectivity index (χ0v) is 15.5. The Hall–Kier alpha value is -1.89. The Bertz CT molecular complexity index is 813. The molecule has 0 N–H and O–H groups in total. The maximum atomic E-state index is 4.84.